The Morgan fingerprint density at radius 1 is 1.02 bits per heavy atom. The average molecular weight is 557 g/mol. The quantitative estimate of drug-likeness (QED) is 0.318. The summed E-state index contributed by atoms with van der Waals surface area (Å²) in [6.07, 6.45) is 5.91. The highest BCUT2D eigenvalue weighted by molar-refractivity contribution is 6.31. The lowest BCUT2D eigenvalue weighted by atomic mass is 9.97. The molecule has 4 aromatic rings. The Morgan fingerprint density at radius 3 is 2.62 bits per heavy atom. The van der Waals surface area contributed by atoms with Crippen LogP contribution in [-0.4, -0.2) is 50.9 Å². The van der Waals surface area contributed by atoms with E-state index in [0.29, 0.717) is 34.3 Å². The number of aromatic nitrogens is 3. The summed E-state index contributed by atoms with van der Waals surface area (Å²) in [6, 6.07) is 15.8. The minimum Gasteiger partial charge on any atom is -0.356 e. The van der Waals surface area contributed by atoms with Gasteiger partial charge in [0.2, 0.25) is 0 Å². The highest BCUT2D eigenvalue weighted by Gasteiger charge is 2.32. The van der Waals surface area contributed by atoms with Crippen molar-refractivity contribution >= 4 is 40.6 Å². The molecule has 206 valence electrons. The Morgan fingerprint density at radius 2 is 1.85 bits per heavy atom. The largest absolute Gasteiger partial charge is 0.356 e. The molecule has 8 nitrogen and oxygen atoms in total. The van der Waals surface area contributed by atoms with Crippen molar-refractivity contribution in [1.29, 1.82) is 0 Å². The standard InChI is InChI=1S/C31H33ClN6O2/c1-20-13-15-36(18-20)29-21(2)19-38-28(34-29)17-26(35-38)27-10-6-7-14-37(27)31(40)24-16-23(32)11-12-25(24)33-30(39)22-8-4-3-5-9-22/h3-5,8-9,11-12,16-17,19-20,27H,6-7,10,13-15,18H2,1-2H3,(H,33,39)/t20-,27-/m0/s1. The zero-order chi connectivity index (χ0) is 27.8. The Balaban J connectivity index is 1.30. The van der Waals surface area contributed by atoms with Gasteiger partial charge in [0.1, 0.15) is 5.82 Å². The molecule has 2 aliphatic heterocycles. The average Bonchev–Trinajstić information content (AvgIpc) is 3.59. The van der Waals surface area contributed by atoms with E-state index in [0.717, 1.165) is 55.1 Å². The van der Waals surface area contributed by atoms with Gasteiger partial charge in [-0.1, -0.05) is 36.7 Å². The van der Waals surface area contributed by atoms with Crippen molar-refractivity contribution in [3.8, 4) is 0 Å². The molecule has 9 heteroatoms. The first-order chi connectivity index (χ1) is 19.4. The van der Waals surface area contributed by atoms with Gasteiger partial charge in [-0.05, 0) is 68.9 Å². The van der Waals surface area contributed by atoms with E-state index in [9.17, 15) is 9.59 Å². The van der Waals surface area contributed by atoms with Crippen molar-refractivity contribution < 1.29 is 9.59 Å². The Kier molecular flexibility index (Phi) is 7.19. The molecule has 6 rings (SSSR count). The third-order valence-corrected chi connectivity index (χ3v) is 8.18. The molecule has 40 heavy (non-hydrogen) atoms. The maximum atomic E-state index is 14.1. The molecule has 2 atom stereocenters. The van der Waals surface area contributed by atoms with Crippen LogP contribution < -0.4 is 10.2 Å². The number of carbonyl (C=O) groups excluding carboxylic acids is 2. The van der Waals surface area contributed by atoms with Gasteiger partial charge < -0.3 is 15.1 Å². The monoisotopic (exact) mass is 556 g/mol. The first-order valence-corrected chi connectivity index (χ1v) is 14.3. The van der Waals surface area contributed by atoms with E-state index in [1.54, 1.807) is 42.5 Å². The van der Waals surface area contributed by atoms with Crippen LogP contribution in [0.1, 0.15) is 70.6 Å². The summed E-state index contributed by atoms with van der Waals surface area (Å²) in [5.74, 6) is 1.21. The number of aryl methyl sites for hydroxylation is 1. The molecular formula is C31H33ClN6O2. The topological polar surface area (TPSA) is 82.8 Å². The van der Waals surface area contributed by atoms with Crippen molar-refractivity contribution in [2.75, 3.05) is 29.9 Å². The SMILES string of the molecule is Cc1cn2nc([C@@H]3CCCCN3C(=O)c3cc(Cl)ccc3NC(=O)c3ccccc3)cc2nc1N1CC[C@H](C)C1. The van der Waals surface area contributed by atoms with Crippen LogP contribution in [-0.2, 0) is 0 Å². The molecule has 1 N–H and O–H groups in total. The maximum Gasteiger partial charge on any atom is 0.256 e. The summed E-state index contributed by atoms with van der Waals surface area (Å²) >= 11 is 6.34. The lowest BCUT2D eigenvalue weighted by Crippen LogP contribution is -2.39. The third-order valence-electron chi connectivity index (χ3n) is 7.95. The summed E-state index contributed by atoms with van der Waals surface area (Å²) in [6.45, 7) is 6.97. The third kappa shape index (κ3) is 5.16. The van der Waals surface area contributed by atoms with E-state index < -0.39 is 0 Å². The van der Waals surface area contributed by atoms with Crippen LogP contribution in [0.2, 0.25) is 5.02 Å². The highest BCUT2D eigenvalue weighted by atomic mass is 35.5. The van der Waals surface area contributed by atoms with Crippen molar-refractivity contribution in [3.63, 3.8) is 0 Å². The fraction of sp³-hybridized carbons (Fsp3) is 0.355. The van der Waals surface area contributed by atoms with Crippen LogP contribution in [0.3, 0.4) is 0 Å². The fourth-order valence-electron chi connectivity index (χ4n) is 5.85. The number of likely N-dealkylation sites (tertiary alicyclic amines) is 1. The van der Waals surface area contributed by atoms with Crippen molar-refractivity contribution in [2.24, 2.45) is 5.92 Å². The number of nitrogens with zero attached hydrogens (tertiary/aromatic N) is 5. The van der Waals surface area contributed by atoms with Gasteiger partial charge in [0.25, 0.3) is 11.8 Å². The number of hydrogen-bond donors (Lipinski definition) is 1. The van der Waals surface area contributed by atoms with Crippen LogP contribution in [0, 0.1) is 12.8 Å². The fourth-order valence-corrected chi connectivity index (χ4v) is 6.02. The van der Waals surface area contributed by atoms with Crippen molar-refractivity contribution in [2.45, 2.75) is 45.6 Å². The van der Waals surface area contributed by atoms with Crippen LogP contribution in [0.25, 0.3) is 5.65 Å². The molecule has 0 unspecified atom stereocenters. The molecule has 0 saturated carbocycles. The second-order valence-corrected chi connectivity index (χ2v) is 11.4. The summed E-state index contributed by atoms with van der Waals surface area (Å²) < 4.78 is 1.83. The van der Waals surface area contributed by atoms with Gasteiger partial charge in [-0.15, -0.1) is 0 Å². The van der Waals surface area contributed by atoms with Gasteiger partial charge in [-0.2, -0.15) is 5.10 Å². The van der Waals surface area contributed by atoms with Gasteiger partial charge >= 0.3 is 0 Å². The summed E-state index contributed by atoms with van der Waals surface area (Å²) in [4.78, 5) is 36.2. The molecule has 2 aromatic heterocycles. The first kappa shape index (κ1) is 26.3. The lowest BCUT2D eigenvalue weighted by Gasteiger charge is -2.35. The molecule has 4 heterocycles. The number of hydrogen-bond acceptors (Lipinski definition) is 5. The smallest absolute Gasteiger partial charge is 0.256 e. The van der Waals surface area contributed by atoms with Crippen molar-refractivity contribution in [3.05, 3.63) is 88.2 Å². The maximum absolute atomic E-state index is 14.1. The van der Waals surface area contributed by atoms with E-state index in [2.05, 4.69) is 24.1 Å². The molecule has 0 radical (unpaired) electrons. The van der Waals surface area contributed by atoms with E-state index in [4.69, 9.17) is 21.7 Å². The minimum absolute atomic E-state index is 0.177. The van der Waals surface area contributed by atoms with E-state index in [1.165, 1.54) is 6.42 Å². The molecule has 2 aromatic carbocycles. The zero-order valence-corrected chi connectivity index (χ0v) is 23.6. The number of anilines is 2. The van der Waals surface area contributed by atoms with Gasteiger partial charge in [-0.25, -0.2) is 9.50 Å². The van der Waals surface area contributed by atoms with Crippen LogP contribution in [0.5, 0.6) is 0 Å². The van der Waals surface area contributed by atoms with E-state index in [1.807, 2.05) is 27.7 Å². The summed E-state index contributed by atoms with van der Waals surface area (Å²) in [7, 11) is 0. The van der Waals surface area contributed by atoms with Crippen LogP contribution in [0.4, 0.5) is 11.5 Å². The number of fused-ring (bicyclic) bond motifs is 1. The molecular weight excluding hydrogens is 524 g/mol. The second-order valence-electron chi connectivity index (χ2n) is 11.0. The van der Waals surface area contributed by atoms with Crippen LogP contribution in [0.15, 0.2) is 60.8 Å². The number of piperidine rings is 1. The predicted octanol–water partition coefficient (Wildman–Crippen LogP) is 6.16. The Hall–Kier alpha value is -3.91. The number of halogens is 1. The first-order valence-electron chi connectivity index (χ1n) is 14.0. The van der Waals surface area contributed by atoms with Crippen molar-refractivity contribution in [1.82, 2.24) is 19.5 Å². The van der Waals surface area contributed by atoms with Gasteiger partial charge in [0.05, 0.1) is 23.0 Å². The number of rotatable bonds is 5. The minimum atomic E-state index is -0.280. The number of nitrogens with one attached hydrogen (secondary N) is 1. The van der Waals surface area contributed by atoms with E-state index >= 15 is 0 Å². The molecule has 2 fully saturated rings. The predicted molar refractivity (Wildman–Crippen MR) is 157 cm³/mol. The number of carbonyl (C=O) groups is 2. The molecule has 2 amide bonds. The molecule has 0 bridgehead atoms. The molecule has 0 spiro atoms. The highest BCUT2D eigenvalue weighted by Crippen LogP contribution is 2.34. The molecule has 2 saturated heterocycles. The summed E-state index contributed by atoms with van der Waals surface area (Å²) in [5, 5.41) is 8.23. The van der Waals surface area contributed by atoms with Gasteiger partial charge in [0.15, 0.2) is 5.65 Å². The van der Waals surface area contributed by atoms with Crippen LogP contribution >= 0.6 is 11.6 Å². The summed E-state index contributed by atoms with van der Waals surface area (Å²) in [5.41, 5.74) is 4.01. The number of benzene rings is 2. The second kappa shape index (κ2) is 10.9. The van der Waals surface area contributed by atoms with E-state index in [-0.39, 0.29) is 17.9 Å². The lowest BCUT2D eigenvalue weighted by molar-refractivity contribution is 0.0607. The van der Waals surface area contributed by atoms with Gasteiger partial charge in [0, 0.05) is 48.0 Å². The molecule has 2 aliphatic rings. The normalized spacial score (nSPS) is 19.3. The Bertz CT molecular complexity index is 1570. The van der Waals surface area contributed by atoms with Gasteiger partial charge in [-0.3, -0.25) is 9.59 Å². The zero-order valence-electron chi connectivity index (χ0n) is 22.8. The number of amides is 2. The molecule has 0 aliphatic carbocycles. The Labute approximate surface area is 238 Å².